The van der Waals surface area contributed by atoms with Gasteiger partial charge >= 0.3 is 6.03 Å². The van der Waals surface area contributed by atoms with Crippen LogP contribution in [0.1, 0.15) is 29.9 Å². The fraction of sp³-hybridized carbons (Fsp3) is 0.217. The highest BCUT2D eigenvalue weighted by Gasteiger charge is 2.26. The second-order valence-corrected chi connectivity index (χ2v) is 8.42. The first kappa shape index (κ1) is 21.8. The first-order valence-corrected chi connectivity index (χ1v) is 11.1. The number of hydrogen-bond acceptors (Lipinski definition) is 6. The number of anilines is 4. The standard InChI is InChI=1S/C23H24BrN7O/c24-20(25)19-21(26)27-14-28-22(19)31-11-5-7-16(13-31)15-6-4-10-18(12-15)30-23(32)29-17-8-2-1-3-9-17/h1-4,6,8-10,12,14,16,25H,5,7,11,13H2,(H2,26,27,28)(H2,29,30,32). The third-order valence-electron chi connectivity index (χ3n) is 5.44. The summed E-state index contributed by atoms with van der Waals surface area (Å²) in [5.74, 6) is 1.21. The Morgan fingerprint density at radius 1 is 1.09 bits per heavy atom. The molecule has 4 rings (SSSR count). The van der Waals surface area contributed by atoms with Crippen LogP contribution >= 0.6 is 15.9 Å². The monoisotopic (exact) mass is 493 g/mol. The van der Waals surface area contributed by atoms with Gasteiger partial charge in [-0.2, -0.15) is 0 Å². The van der Waals surface area contributed by atoms with Crippen LogP contribution in [0.15, 0.2) is 60.9 Å². The number of carbonyl (C=O) groups excluding carboxylic acids is 1. The molecular formula is C23H24BrN7O. The number of nitrogen functional groups attached to an aromatic ring is 1. The van der Waals surface area contributed by atoms with E-state index in [9.17, 15) is 4.79 Å². The highest BCUT2D eigenvalue weighted by molar-refractivity contribution is 9.18. The molecule has 0 saturated carbocycles. The molecule has 0 bridgehead atoms. The lowest BCUT2D eigenvalue weighted by Crippen LogP contribution is -2.36. The van der Waals surface area contributed by atoms with Crippen LogP contribution in [0.2, 0.25) is 0 Å². The number of piperidine rings is 1. The van der Waals surface area contributed by atoms with E-state index >= 15 is 0 Å². The van der Waals surface area contributed by atoms with Gasteiger partial charge in [-0.1, -0.05) is 30.3 Å². The van der Waals surface area contributed by atoms with Crippen LogP contribution in [0.4, 0.5) is 27.8 Å². The Kier molecular flexibility index (Phi) is 6.65. The molecular weight excluding hydrogens is 470 g/mol. The SMILES string of the molecule is N=C(Br)c1c(N)ncnc1N1CCCC(c2cccc(NC(=O)Nc3ccccc3)c2)C1. The van der Waals surface area contributed by atoms with Crippen molar-refractivity contribution in [1.29, 1.82) is 5.41 Å². The van der Waals surface area contributed by atoms with Crippen molar-refractivity contribution < 1.29 is 4.79 Å². The molecule has 1 unspecified atom stereocenters. The van der Waals surface area contributed by atoms with Gasteiger partial charge in [0.15, 0.2) is 0 Å². The van der Waals surface area contributed by atoms with Crippen LogP contribution in [0.3, 0.4) is 0 Å². The summed E-state index contributed by atoms with van der Waals surface area (Å²) in [6.45, 7) is 1.57. The largest absolute Gasteiger partial charge is 0.383 e. The molecule has 1 atom stereocenters. The molecule has 0 spiro atoms. The van der Waals surface area contributed by atoms with Gasteiger partial charge in [-0.05, 0) is 58.6 Å². The number of urea groups is 1. The van der Waals surface area contributed by atoms with E-state index in [-0.39, 0.29) is 22.4 Å². The molecule has 0 radical (unpaired) electrons. The number of aromatic nitrogens is 2. The molecule has 9 heteroatoms. The summed E-state index contributed by atoms with van der Waals surface area (Å²) < 4.78 is 0.170. The Morgan fingerprint density at radius 3 is 2.62 bits per heavy atom. The average Bonchev–Trinajstić information content (AvgIpc) is 2.79. The maximum absolute atomic E-state index is 12.4. The molecule has 32 heavy (non-hydrogen) atoms. The van der Waals surface area contributed by atoms with E-state index in [1.54, 1.807) is 0 Å². The zero-order valence-electron chi connectivity index (χ0n) is 17.4. The smallest absolute Gasteiger partial charge is 0.323 e. The maximum atomic E-state index is 12.4. The summed E-state index contributed by atoms with van der Waals surface area (Å²) in [5.41, 5.74) is 9.14. The van der Waals surface area contributed by atoms with Crippen molar-refractivity contribution in [2.24, 2.45) is 0 Å². The van der Waals surface area contributed by atoms with E-state index in [1.807, 2.05) is 48.5 Å². The first-order valence-electron chi connectivity index (χ1n) is 10.3. The summed E-state index contributed by atoms with van der Waals surface area (Å²) in [4.78, 5) is 22.9. The molecule has 1 aromatic heterocycles. The van der Waals surface area contributed by atoms with E-state index < -0.39 is 0 Å². The lowest BCUT2D eigenvalue weighted by molar-refractivity contribution is 0.262. The van der Waals surface area contributed by atoms with Crippen molar-refractivity contribution in [1.82, 2.24) is 9.97 Å². The van der Waals surface area contributed by atoms with Gasteiger partial charge in [-0.3, -0.25) is 5.41 Å². The van der Waals surface area contributed by atoms with Crippen molar-refractivity contribution in [3.8, 4) is 0 Å². The molecule has 0 aliphatic carbocycles. The minimum atomic E-state index is -0.282. The Morgan fingerprint density at radius 2 is 1.84 bits per heavy atom. The average molecular weight is 494 g/mol. The molecule has 2 heterocycles. The van der Waals surface area contributed by atoms with Crippen LogP contribution in [-0.4, -0.2) is 33.7 Å². The van der Waals surface area contributed by atoms with Crippen molar-refractivity contribution in [2.75, 3.05) is 34.4 Å². The number of rotatable bonds is 5. The third-order valence-corrected chi connectivity index (χ3v) is 5.84. The zero-order valence-corrected chi connectivity index (χ0v) is 19.0. The van der Waals surface area contributed by atoms with E-state index in [2.05, 4.69) is 47.5 Å². The number of benzene rings is 2. The molecule has 3 aromatic rings. The van der Waals surface area contributed by atoms with E-state index in [4.69, 9.17) is 11.1 Å². The summed E-state index contributed by atoms with van der Waals surface area (Å²) in [6.07, 6.45) is 3.44. The lowest BCUT2D eigenvalue weighted by Gasteiger charge is -2.35. The minimum Gasteiger partial charge on any atom is -0.383 e. The molecule has 5 N–H and O–H groups in total. The van der Waals surface area contributed by atoms with Gasteiger partial charge in [0.25, 0.3) is 0 Å². The minimum absolute atomic E-state index is 0.170. The fourth-order valence-electron chi connectivity index (χ4n) is 3.97. The van der Waals surface area contributed by atoms with Crippen molar-refractivity contribution in [3.05, 3.63) is 72.1 Å². The van der Waals surface area contributed by atoms with Gasteiger partial charge in [0.1, 0.15) is 22.6 Å². The van der Waals surface area contributed by atoms with Gasteiger partial charge in [-0.15, -0.1) is 0 Å². The number of nitrogens with zero attached hydrogens (tertiary/aromatic N) is 3. The topological polar surface area (TPSA) is 120 Å². The molecule has 164 valence electrons. The highest BCUT2D eigenvalue weighted by atomic mass is 79.9. The Labute approximate surface area is 194 Å². The summed E-state index contributed by atoms with van der Waals surface area (Å²) in [7, 11) is 0. The van der Waals surface area contributed by atoms with Crippen molar-refractivity contribution in [2.45, 2.75) is 18.8 Å². The molecule has 1 aliphatic heterocycles. The third kappa shape index (κ3) is 5.05. The van der Waals surface area contributed by atoms with Crippen molar-refractivity contribution in [3.63, 3.8) is 0 Å². The van der Waals surface area contributed by atoms with Crippen LogP contribution < -0.4 is 21.3 Å². The summed E-state index contributed by atoms with van der Waals surface area (Å²) >= 11 is 3.22. The van der Waals surface area contributed by atoms with Gasteiger partial charge in [-0.25, -0.2) is 14.8 Å². The van der Waals surface area contributed by atoms with Gasteiger partial charge in [0.05, 0.1) is 5.56 Å². The van der Waals surface area contributed by atoms with Gasteiger partial charge in [0.2, 0.25) is 0 Å². The fourth-order valence-corrected chi connectivity index (χ4v) is 4.35. The van der Waals surface area contributed by atoms with E-state index in [1.165, 1.54) is 6.33 Å². The molecule has 1 fully saturated rings. The van der Waals surface area contributed by atoms with Crippen LogP contribution in [0.25, 0.3) is 0 Å². The predicted octanol–water partition coefficient (Wildman–Crippen LogP) is 4.81. The van der Waals surface area contributed by atoms with Crippen molar-refractivity contribution >= 4 is 49.6 Å². The van der Waals surface area contributed by atoms with Crippen LogP contribution in [0.5, 0.6) is 0 Å². The second kappa shape index (κ2) is 9.78. The quantitative estimate of drug-likeness (QED) is 0.380. The number of nitrogens with one attached hydrogen (secondary N) is 3. The molecule has 1 saturated heterocycles. The Balaban J connectivity index is 1.48. The van der Waals surface area contributed by atoms with Crippen LogP contribution in [0, 0.1) is 5.41 Å². The molecule has 2 aromatic carbocycles. The molecule has 1 aliphatic rings. The first-order chi connectivity index (χ1) is 15.5. The normalized spacial score (nSPS) is 15.8. The van der Waals surface area contributed by atoms with Gasteiger partial charge in [0, 0.05) is 30.4 Å². The Bertz CT molecular complexity index is 1120. The Hall–Kier alpha value is -3.46. The second-order valence-electron chi connectivity index (χ2n) is 7.63. The van der Waals surface area contributed by atoms with E-state index in [0.717, 1.165) is 42.9 Å². The molecule has 2 amide bonds. The predicted molar refractivity (Wildman–Crippen MR) is 132 cm³/mol. The number of halogens is 1. The number of nitrogens with two attached hydrogens (primary N) is 1. The zero-order chi connectivity index (χ0) is 22.5. The number of hydrogen-bond donors (Lipinski definition) is 4. The van der Waals surface area contributed by atoms with E-state index in [0.29, 0.717) is 11.4 Å². The summed E-state index contributed by atoms with van der Waals surface area (Å²) in [6, 6.07) is 17.0. The highest BCUT2D eigenvalue weighted by Crippen LogP contribution is 2.33. The van der Waals surface area contributed by atoms with Crippen LogP contribution in [-0.2, 0) is 0 Å². The molecule has 8 nitrogen and oxygen atoms in total. The summed E-state index contributed by atoms with van der Waals surface area (Å²) in [5, 5.41) is 13.7. The number of amides is 2. The maximum Gasteiger partial charge on any atom is 0.323 e. The number of carbonyl (C=O) groups is 1. The lowest BCUT2D eigenvalue weighted by atomic mass is 9.90. The number of para-hydroxylation sites is 1. The van der Waals surface area contributed by atoms with Gasteiger partial charge < -0.3 is 21.3 Å².